The Morgan fingerprint density at radius 2 is 2.00 bits per heavy atom. The molecule has 3 aliphatic rings. The molecule has 2 nitrogen and oxygen atoms in total. The second-order valence-corrected chi connectivity index (χ2v) is 6.66. The summed E-state index contributed by atoms with van der Waals surface area (Å²) >= 11 is 3.42. The van der Waals surface area contributed by atoms with Crippen molar-refractivity contribution >= 4 is 15.9 Å². The third-order valence-corrected chi connectivity index (χ3v) is 5.47. The van der Waals surface area contributed by atoms with E-state index in [4.69, 9.17) is 0 Å². The molecule has 1 aromatic heterocycles. The molecule has 90 valence electrons. The first kappa shape index (κ1) is 10.5. The lowest BCUT2D eigenvalue weighted by Crippen LogP contribution is -2.22. The second-order valence-electron chi connectivity index (χ2n) is 5.85. The van der Waals surface area contributed by atoms with Gasteiger partial charge in [-0.05, 0) is 71.0 Å². The van der Waals surface area contributed by atoms with E-state index in [1.807, 2.05) is 6.07 Å². The summed E-state index contributed by atoms with van der Waals surface area (Å²) in [6.45, 7) is 0.927. The molecule has 0 aliphatic heterocycles. The zero-order valence-electron chi connectivity index (χ0n) is 9.77. The van der Waals surface area contributed by atoms with Crippen molar-refractivity contribution < 1.29 is 0 Å². The molecule has 2 bridgehead atoms. The third-order valence-electron chi connectivity index (χ3n) is 5.03. The fourth-order valence-electron chi connectivity index (χ4n) is 4.37. The van der Waals surface area contributed by atoms with E-state index in [1.54, 1.807) is 0 Å². The maximum absolute atomic E-state index is 4.47. The summed E-state index contributed by atoms with van der Waals surface area (Å²) in [5.74, 6) is 4.14. The normalized spacial score (nSPS) is 41.6. The van der Waals surface area contributed by atoms with Gasteiger partial charge in [0, 0.05) is 12.6 Å². The van der Waals surface area contributed by atoms with E-state index in [-0.39, 0.29) is 0 Å². The molecular formula is C14H17BrN2. The van der Waals surface area contributed by atoms with Crippen molar-refractivity contribution in [2.24, 2.45) is 23.7 Å². The minimum Gasteiger partial charge on any atom is -0.308 e. The number of nitrogens with zero attached hydrogens (tertiary/aromatic N) is 1. The van der Waals surface area contributed by atoms with Gasteiger partial charge < -0.3 is 5.32 Å². The Balaban J connectivity index is 1.38. The predicted octanol–water partition coefficient (Wildman–Crippen LogP) is 2.98. The predicted molar refractivity (Wildman–Crippen MR) is 70.4 cm³/mol. The zero-order valence-corrected chi connectivity index (χ0v) is 11.4. The highest BCUT2D eigenvalue weighted by Gasteiger charge is 2.64. The van der Waals surface area contributed by atoms with Gasteiger partial charge in [-0.3, -0.25) is 0 Å². The Hall–Kier alpha value is -0.410. The Labute approximate surface area is 110 Å². The number of hydrogen-bond acceptors (Lipinski definition) is 2. The Bertz CT molecular complexity index is 432. The maximum atomic E-state index is 4.47. The fourth-order valence-corrected chi connectivity index (χ4v) is 4.75. The summed E-state index contributed by atoms with van der Waals surface area (Å²) in [6.07, 6.45) is 4.53. The van der Waals surface area contributed by atoms with Crippen LogP contribution in [0.3, 0.4) is 0 Å². The van der Waals surface area contributed by atoms with Gasteiger partial charge in [-0.2, -0.15) is 0 Å². The van der Waals surface area contributed by atoms with Gasteiger partial charge in [0.15, 0.2) is 0 Å². The fraction of sp³-hybridized carbons (Fsp3) is 0.643. The van der Waals surface area contributed by atoms with Crippen LogP contribution in [0.1, 0.15) is 25.0 Å². The monoisotopic (exact) mass is 292 g/mol. The van der Waals surface area contributed by atoms with E-state index in [0.29, 0.717) is 0 Å². The van der Waals surface area contributed by atoms with Crippen molar-refractivity contribution in [1.82, 2.24) is 10.3 Å². The third kappa shape index (κ3) is 1.66. The summed E-state index contributed by atoms with van der Waals surface area (Å²) in [5.41, 5.74) is 1.15. The van der Waals surface area contributed by atoms with Gasteiger partial charge in [-0.25, -0.2) is 4.98 Å². The topological polar surface area (TPSA) is 24.9 Å². The molecule has 3 aliphatic carbocycles. The van der Waals surface area contributed by atoms with Crippen molar-refractivity contribution in [1.29, 1.82) is 0 Å². The molecule has 0 radical (unpaired) electrons. The van der Waals surface area contributed by atoms with E-state index in [1.165, 1.54) is 19.3 Å². The largest absolute Gasteiger partial charge is 0.308 e. The lowest BCUT2D eigenvalue weighted by Gasteiger charge is -2.10. The van der Waals surface area contributed by atoms with Gasteiger partial charge in [0.1, 0.15) is 4.60 Å². The summed E-state index contributed by atoms with van der Waals surface area (Å²) in [6, 6.07) is 6.95. The van der Waals surface area contributed by atoms with Crippen LogP contribution in [0.25, 0.3) is 0 Å². The van der Waals surface area contributed by atoms with Gasteiger partial charge in [0.25, 0.3) is 0 Å². The quantitative estimate of drug-likeness (QED) is 0.867. The molecule has 4 rings (SSSR count). The lowest BCUT2D eigenvalue weighted by atomic mass is 10.0. The van der Waals surface area contributed by atoms with Crippen LogP contribution in [-0.4, -0.2) is 11.0 Å². The van der Waals surface area contributed by atoms with E-state index in [0.717, 1.165) is 46.6 Å². The van der Waals surface area contributed by atoms with Gasteiger partial charge in [0.2, 0.25) is 0 Å². The first-order valence-corrected chi connectivity index (χ1v) is 7.47. The maximum Gasteiger partial charge on any atom is 0.106 e. The molecule has 0 amide bonds. The number of aromatic nitrogens is 1. The van der Waals surface area contributed by atoms with Gasteiger partial charge >= 0.3 is 0 Å². The highest BCUT2D eigenvalue weighted by atomic mass is 79.9. The van der Waals surface area contributed by atoms with Crippen molar-refractivity contribution in [2.75, 3.05) is 0 Å². The smallest absolute Gasteiger partial charge is 0.106 e. The first-order chi connectivity index (χ1) is 8.33. The number of hydrogen-bond donors (Lipinski definition) is 1. The molecule has 1 aromatic rings. The van der Waals surface area contributed by atoms with Crippen LogP contribution in [0.2, 0.25) is 0 Å². The van der Waals surface area contributed by atoms with Crippen LogP contribution >= 0.6 is 15.9 Å². The van der Waals surface area contributed by atoms with Crippen LogP contribution < -0.4 is 5.32 Å². The number of nitrogens with one attached hydrogen (secondary N) is 1. The Morgan fingerprint density at radius 1 is 1.24 bits per heavy atom. The van der Waals surface area contributed by atoms with Crippen LogP contribution in [-0.2, 0) is 6.54 Å². The van der Waals surface area contributed by atoms with Gasteiger partial charge in [-0.15, -0.1) is 0 Å². The van der Waals surface area contributed by atoms with E-state index < -0.39 is 0 Å². The molecule has 1 N–H and O–H groups in total. The minimum atomic E-state index is 0.807. The molecule has 3 heteroatoms. The summed E-state index contributed by atoms with van der Waals surface area (Å²) in [5, 5.41) is 3.72. The highest BCUT2D eigenvalue weighted by Crippen LogP contribution is 2.65. The van der Waals surface area contributed by atoms with Crippen molar-refractivity contribution in [3.8, 4) is 0 Å². The zero-order chi connectivity index (χ0) is 11.4. The van der Waals surface area contributed by atoms with E-state index in [2.05, 4.69) is 38.4 Å². The average Bonchev–Trinajstić information content (AvgIpc) is 2.72. The average molecular weight is 293 g/mol. The van der Waals surface area contributed by atoms with Gasteiger partial charge in [0.05, 0.1) is 5.69 Å². The molecule has 0 spiro atoms. The number of fused-ring (bicyclic) bond motifs is 5. The van der Waals surface area contributed by atoms with E-state index in [9.17, 15) is 0 Å². The van der Waals surface area contributed by atoms with Crippen LogP contribution in [0.5, 0.6) is 0 Å². The molecule has 1 heterocycles. The molecule has 3 saturated carbocycles. The number of rotatable bonds is 3. The van der Waals surface area contributed by atoms with Crippen LogP contribution in [0.4, 0.5) is 0 Å². The minimum absolute atomic E-state index is 0.807. The molecule has 17 heavy (non-hydrogen) atoms. The van der Waals surface area contributed by atoms with Crippen molar-refractivity contribution in [3.05, 3.63) is 28.5 Å². The SMILES string of the molecule is Brc1cccc(CNC2C3C4CCC(C4)C23)n1. The molecule has 3 fully saturated rings. The van der Waals surface area contributed by atoms with Crippen LogP contribution in [0.15, 0.2) is 22.8 Å². The first-order valence-electron chi connectivity index (χ1n) is 6.68. The van der Waals surface area contributed by atoms with E-state index >= 15 is 0 Å². The summed E-state index contributed by atoms with van der Waals surface area (Å²) in [7, 11) is 0. The molecule has 4 unspecified atom stereocenters. The molecule has 0 saturated heterocycles. The molecule has 4 atom stereocenters. The lowest BCUT2D eigenvalue weighted by molar-refractivity contribution is 0.456. The Morgan fingerprint density at radius 3 is 2.71 bits per heavy atom. The number of pyridine rings is 1. The molecule has 0 aromatic carbocycles. The van der Waals surface area contributed by atoms with Crippen LogP contribution in [0, 0.1) is 23.7 Å². The van der Waals surface area contributed by atoms with Crippen molar-refractivity contribution in [2.45, 2.75) is 31.8 Å². The summed E-state index contributed by atoms with van der Waals surface area (Å²) < 4.78 is 0.938. The molecular weight excluding hydrogens is 276 g/mol. The Kier molecular flexibility index (Phi) is 2.34. The van der Waals surface area contributed by atoms with Crippen molar-refractivity contribution in [3.63, 3.8) is 0 Å². The highest BCUT2D eigenvalue weighted by molar-refractivity contribution is 9.10. The van der Waals surface area contributed by atoms with Gasteiger partial charge in [-0.1, -0.05) is 6.07 Å². The number of halogens is 1. The second kappa shape index (κ2) is 3.79. The summed E-state index contributed by atoms with van der Waals surface area (Å²) in [4.78, 5) is 4.47. The standard InChI is InChI=1S/C14H17BrN2/c15-11-3-1-2-10(17-11)7-16-14-12-8-4-5-9(6-8)13(12)14/h1-3,8-9,12-14,16H,4-7H2.